The first-order valence-electron chi connectivity index (χ1n) is 12.2. The second kappa shape index (κ2) is 9.35. The normalized spacial score (nSPS) is 16.1. The number of nitrogens with zero attached hydrogens (tertiary/aromatic N) is 6. The summed E-state index contributed by atoms with van der Waals surface area (Å²) in [6, 6.07) is 7.38. The average molecular weight is 555 g/mol. The van der Waals surface area contributed by atoms with E-state index in [4.69, 9.17) is 16.7 Å². The number of carbonyl (C=O) groups is 1. The lowest BCUT2D eigenvalue weighted by Gasteiger charge is -2.15. The van der Waals surface area contributed by atoms with E-state index in [1.165, 1.54) is 12.1 Å². The highest BCUT2D eigenvalue weighted by atomic mass is 35.5. The summed E-state index contributed by atoms with van der Waals surface area (Å²) in [6.07, 6.45) is 3.16. The summed E-state index contributed by atoms with van der Waals surface area (Å²) in [5, 5.41) is 14.2. The minimum atomic E-state index is -4.60. The van der Waals surface area contributed by atoms with E-state index in [2.05, 4.69) is 15.1 Å². The highest BCUT2D eigenvalue weighted by Gasteiger charge is 2.36. The maximum atomic E-state index is 13.8. The Morgan fingerprint density at radius 3 is 2.79 bits per heavy atom. The van der Waals surface area contributed by atoms with Crippen molar-refractivity contribution < 1.29 is 23.1 Å². The number of alkyl halides is 3. The first-order valence-corrected chi connectivity index (χ1v) is 12.6. The predicted octanol–water partition coefficient (Wildman–Crippen LogP) is 5.16. The Labute approximate surface area is 225 Å². The lowest BCUT2D eigenvalue weighted by Crippen LogP contribution is -2.31. The fourth-order valence-corrected chi connectivity index (χ4v) is 5.45. The molecule has 0 bridgehead atoms. The number of hydrogen-bond donors (Lipinski definition) is 1. The van der Waals surface area contributed by atoms with E-state index in [-0.39, 0.29) is 28.2 Å². The lowest BCUT2D eigenvalue weighted by atomic mass is 10.0. The third kappa shape index (κ3) is 4.31. The largest absolute Gasteiger partial charge is 0.417 e. The lowest BCUT2D eigenvalue weighted by molar-refractivity contribution is -0.137. The number of carbonyl (C=O) groups excluding carboxylic acids is 1. The van der Waals surface area contributed by atoms with Gasteiger partial charge in [-0.1, -0.05) is 17.7 Å². The smallest absolute Gasteiger partial charge is 0.387 e. The van der Waals surface area contributed by atoms with Crippen LogP contribution in [0.2, 0.25) is 5.02 Å². The van der Waals surface area contributed by atoms with E-state index in [9.17, 15) is 18.0 Å². The number of aromatic nitrogens is 5. The van der Waals surface area contributed by atoms with Gasteiger partial charge in [0.15, 0.2) is 0 Å². The van der Waals surface area contributed by atoms with Crippen LogP contribution in [0.1, 0.15) is 23.7 Å². The number of fused-ring (bicyclic) bond motifs is 3. The van der Waals surface area contributed by atoms with Gasteiger partial charge in [0.25, 0.3) is 0 Å². The fourth-order valence-electron chi connectivity index (χ4n) is 5.19. The highest BCUT2D eigenvalue weighted by molar-refractivity contribution is 6.33. The molecule has 0 spiro atoms. The summed E-state index contributed by atoms with van der Waals surface area (Å²) in [5.74, 6) is -0.305. The van der Waals surface area contributed by atoms with Gasteiger partial charge in [0.2, 0.25) is 5.91 Å². The zero-order chi connectivity index (χ0) is 27.5. The van der Waals surface area contributed by atoms with Gasteiger partial charge in [0.05, 0.1) is 34.0 Å². The predicted molar refractivity (Wildman–Crippen MR) is 139 cm³/mol. The van der Waals surface area contributed by atoms with Crippen LogP contribution >= 0.6 is 11.6 Å². The molecule has 1 unspecified atom stereocenters. The van der Waals surface area contributed by atoms with Gasteiger partial charge in [0, 0.05) is 59.5 Å². The molecule has 6 rings (SSSR count). The first kappa shape index (κ1) is 25.3. The molecule has 1 N–H and O–H groups in total. The molecule has 8 nitrogen and oxygen atoms in total. The summed E-state index contributed by atoms with van der Waals surface area (Å²) < 4.78 is 45.1. The zero-order valence-corrected chi connectivity index (χ0v) is 21.4. The SMILES string of the molecule is Cc1c(-c2c(Cl)cccc2C(F)(F)F)nc2c3cc(-c4cnn(C5CCN(C(=O)CO)C5)c4)cnc3ccn12. The average Bonchev–Trinajstić information content (AvgIpc) is 3.66. The quantitative estimate of drug-likeness (QED) is 0.331. The third-order valence-corrected chi connectivity index (χ3v) is 7.52. The molecule has 1 aliphatic rings. The summed E-state index contributed by atoms with van der Waals surface area (Å²) in [6.45, 7) is 2.21. The molecule has 1 aliphatic heterocycles. The number of aliphatic hydroxyl groups excluding tert-OH is 1. The maximum Gasteiger partial charge on any atom is 0.417 e. The number of benzene rings is 1. The summed E-state index contributed by atoms with van der Waals surface area (Å²) >= 11 is 6.28. The van der Waals surface area contributed by atoms with Crippen LogP contribution in [0.15, 0.2) is 55.1 Å². The van der Waals surface area contributed by atoms with Gasteiger partial charge < -0.3 is 14.4 Å². The molecule has 12 heteroatoms. The molecular formula is C27H22ClF3N6O2. The van der Waals surface area contributed by atoms with E-state index in [0.29, 0.717) is 35.3 Å². The fraction of sp³-hybridized carbons (Fsp3) is 0.259. The number of aliphatic hydroxyl groups is 1. The molecule has 1 amide bonds. The first-order chi connectivity index (χ1) is 18.7. The van der Waals surface area contributed by atoms with Crippen molar-refractivity contribution in [3.05, 3.63) is 71.4 Å². The molecule has 4 aromatic heterocycles. The molecule has 1 atom stereocenters. The van der Waals surface area contributed by atoms with Crippen molar-refractivity contribution in [3.8, 4) is 22.4 Å². The Kier molecular flexibility index (Phi) is 6.07. The number of hydrogen-bond acceptors (Lipinski definition) is 5. The van der Waals surface area contributed by atoms with Crippen LogP contribution in [-0.2, 0) is 11.0 Å². The Morgan fingerprint density at radius 2 is 2.03 bits per heavy atom. The minimum Gasteiger partial charge on any atom is -0.387 e. The van der Waals surface area contributed by atoms with Gasteiger partial charge in [-0.05, 0) is 37.6 Å². The minimum absolute atomic E-state index is 0.00896. The Bertz CT molecular complexity index is 1750. The summed E-state index contributed by atoms with van der Waals surface area (Å²) in [5.41, 5.74) is 2.34. The van der Waals surface area contributed by atoms with Crippen LogP contribution in [-0.4, -0.2) is 59.8 Å². The van der Waals surface area contributed by atoms with Gasteiger partial charge >= 0.3 is 6.18 Å². The number of imidazole rings is 1. The van der Waals surface area contributed by atoms with Gasteiger partial charge in [-0.2, -0.15) is 18.3 Å². The van der Waals surface area contributed by atoms with Crippen molar-refractivity contribution in [1.29, 1.82) is 0 Å². The number of pyridine rings is 2. The van der Waals surface area contributed by atoms with Gasteiger partial charge in [0.1, 0.15) is 12.3 Å². The van der Waals surface area contributed by atoms with E-state index in [1.54, 1.807) is 45.6 Å². The van der Waals surface area contributed by atoms with Gasteiger partial charge in [-0.3, -0.25) is 14.5 Å². The van der Waals surface area contributed by atoms with Crippen molar-refractivity contribution >= 4 is 34.1 Å². The zero-order valence-electron chi connectivity index (χ0n) is 20.7. The van der Waals surface area contributed by atoms with Crippen LogP contribution in [0.25, 0.3) is 38.9 Å². The van der Waals surface area contributed by atoms with Crippen LogP contribution in [0, 0.1) is 6.92 Å². The molecule has 1 saturated heterocycles. The molecule has 0 aliphatic carbocycles. The Hall–Kier alpha value is -3.96. The molecule has 200 valence electrons. The summed E-state index contributed by atoms with van der Waals surface area (Å²) in [7, 11) is 0. The van der Waals surface area contributed by atoms with Crippen molar-refractivity contribution in [2.45, 2.75) is 25.6 Å². The summed E-state index contributed by atoms with van der Waals surface area (Å²) in [4.78, 5) is 22.6. The van der Waals surface area contributed by atoms with E-state index >= 15 is 0 Å². The monoisotopic (exact) mass is 554 g/mol. The number of halogens is 4. The molecule has 1 fully saturated rings. The van der Waals surface area contributed by atoms with Crippen molar-refractivity contribution in [1.82, 2.24) is 29.0 Å². The third-order valence-electron chi connectivity index (χ3n) is 7.21. The van der Waals surface area contributed by atoms with Crippen molar-refractivity contribution in [2.24, 2.45) is 0 Å². The van der Waals surface area contributed by atoms with Crippen LogP contribution < -0.4 is 0 Å². The topological polar surface area (TPSA) is 88.5 Å². The molecule has 5 heterocycles. The van der Waals surface area contributed by atoms with Crippen molar-refractivity contribution in [3.63, 3.8) is 0 Å². The van der Waals surface area contributed by atoms with Crippen molar-refractivity contribution in [2.75, 3.05) is 19.7 Å². The number of rotatable bonds is 4. The highest BCUT2D eigenvalue weighted by Crippen LogP contribution is 2.42. The number of likely N-dealkylation sites (tertiary alicyclic amines) is 1. The molecule has 1 aromatic carbocycles. The maximum absolute atomic E-state index is 13.8. The molecular weight excluding hydrogens is 533 g/mol. The second-order valence-corrected chi connectivity index (χ2v) is 9.93. The van der Waals surface area contributed by atoms with Crippen LogP contribution in [0.3, 0.4) is 0 Å². The van der Waals surface area contributed by atoms with E-state index in [1.807, 2.05) is 12.3 Å². The second-order valence-electron chi connectivity index (χ2n) is 9.52. The number of amides is 1. The molecule has 0 saturated carbocycles. The van der Waals surface area contributed by atoms with E-state index < -0.39 is 18.3 Å². The molecule has 5 aromatic rings. The Balaban J connectivity index is 1.42. The molecule has 0 radical (unpaired) electrons. The number of aryl methyl sites for hydroxylation is 1. The molecule has 39 heavy (non-hydrogen) atoms. The van der Waals surface area contributed by atoms with Crippen LogP contribution in [0.4, 0.5) is 13.2 Å². The van der Waals surface area contributed by atoms with Gasteiger partial charge in [-0.15, -0.1) is 0 Å². The van der Waals surface area contributed by atoms with E-state index in [0.717, 1.165) is 23.6 Å². The standard InChI is InChI=1S/C27H22ClF3N6O2/c1-15-25(24-20(27(29,30)31)3-2-4-21(24)28)34-26-19-9-16(10-32-22(19)6-8-36(15)26)17-11-33-37(12-17)18-5-7-35(13-18)23(39)14-38/h2-4,6,8-12,18,38H,5,7,13-14H2,1H3. The van der Waals surface area contributed by atoms with Crippen LogP contribution in [0.5, 0.6) is 0 Å². The van der Waals surface area contributed by atoms with Gasteiger partial charge in [-0.25, -0.2) is 4.98 Å². The Morgan fingerprint density at radius 1 is 1.21 bits per heavy atom.